The molecule has 0 aliphatic carbocycles. The number of carbonyl (C=O) groups is 2. The van der Waals surface area contributed by atoms with E-state index in [0.717, 1.165) is 11.1 Å². The molecule has 0 aliphatic rings. The van der Waals surface area contributed by atoms with Gasteiger partial charge in [0.2, 0.25) is 0 Å². The summed E-state index contributed by atoms with van der Waals surface area (Å²) < 4.78 is 7.15. The number of pyridine rings is 1. The molecule has 9 heteroatoms. The van der Waals surface area contributed by atoms with Crippen LogP contribution in [0.15, 0.2) is 42.7 Å². The Morgan fingerprint density at radius 1 is 1.07 bits per heavy atom. The fraction of sp³-hybridized carbons (Fsp3) is 0.143. The third-order valence-corrected chi connectivity index (χ3v) is 4.52. The molecule has 0 atom stereocenters. The molecule has 1 amide bonds. The van der Waals surface area contributed by atoms with Gasteiger partial charge in [0.15, 0.2) is 17.1 Å². The quantitative estimate of drug-likeness (QED) is 0.465. The van der Waals surface area contributed by atoms with Gasteiger partial charge in [0.1, 0.15) is 24.4 Å². The Hall–Kier alpha value is -4.14. The van der Waals surface area contributed by atoms with Crippen molar-refractivity contribution in [2.45, 2.75) is 13.8 Å². The van der Waals surface area contributed by atoms with Crippen LogP contribution >= 0.6 is 0 Å². The minimum atomic E-state index is -1.20. The first-order valence-electron chi connectivity index (χ1n) is 9.08. The van der Waals surface area contributed by atoms with Crippen molar-refractivity contribution in [2.75, 3.05) is 6.54 Å². The minimum absolute atomic E-state index is 0.195. The highest BCUT2D eigenvalue weighted by Crippen LogP contribution is 2.35. The van der Waals surface area contributed by atoms with E-state index in [1.807, 2.05) is 32.0 Å². The molecule has 0 bridgehead atoms. The van der Waals surface area contributed by atoms with Crippen molar-refractivity contribution >= 4 is 28.3 Å². The standard InChI is InChI=1S/C21H18N4O5/c1-11-5-12(2)7-14(6-11)30-13-3-4-15-16(8-13)20-23-10-24-25(20)18(19(15)28)21(29)22-9-17(26)27/h3-8,10,28H,9H2,1-2H3,(H,22,29)(H,26,27). The van der Waals surface area contributed by atoms with Gasteiger partial charge in [0.05, 0.1) is 0 Å². The van der Waals surface area contributed by atoms with Gasteiger partial charge in [-0.1, -0.05) is 6.07 Å². The van der Waals surface area contributed by atoms with Crippen molar-refractivity contribution in [3.63, 3.8) is 0 Å². The lowest BCUT2D eigenvalue weighted by molar-refractivity contribution is -0.135. The summed E-state index contributed by atoms with van der Waals surface area (Å²) in [5.41, 5.74) is 2.27. The van der Waals surface area contributed by atoms with E-state index in [1.54, 1.807) is 18.2 Å². The fourth-order valence-electron chi connectivity index (χ4n) is 3.37. The maximum Gasteiger partial charge on any atom is 0.322 e. The molecule has 0 saturated carbocycles. The number of nitrogens with one attached hydrogen (secondary N) is 1. The number of ether oxygens (including phenoxy) is 1. The Morgan fingerprint density at radius 2 is 1.80 bits per heavy atom. The number of amides is 1. The van der Waals surface area contributed by atoms with E-state index in [1.165, 1.54) is 10.8 Å². The molecule has 4 rings (SSSR count). The Labute approximate surface area is 170 Å². The first kappa shape index (κ1) is 19.2. The summed E-state index contributed by atoms with van der Waals surface area (Å²) in [4.78, 5) is 27.4. The third-order valence-electron chi connectivity index (χ3n) is 4.52. The molecule has 152 valence electrons. The lowest BCUT2D eigenvalue weighted by Gasteiger charge is -2.12. The third kappa shape index (κ3) is 3.48. The first-order chi connectivity index (χ1) is 14.3. The molecule has 4 aromatic rings. The van der Waals surface area contributed by atoms with Crippen molar-refractivity contribution in [3.05, 3.63) is 59.5 Å². The molecule has 30 heavy (non-hydrogen) atoms. The summed E-state index contributed by atoms with van der Waals surface area (Å²) in [5.74, 6) is -1.10. The molecular weight excluding hydrogens is 388 g/mol. The first-order valence-corrected chi connectivity index (χ1v) is 9.08. The van der Waals surface area contributed by atoms with Crippen molar-refractivity contribution < 1.29 is 24.5 Å². The number of nitrogens with zero attached hydrogens (tertiary/aromatic N) is 3. The van der Waals surface area contributed by atoms with Gasteiger partial charge in [-0.25, -0.2) is 9.50 Å². The van der Waals surface area contributed by atoms with Gasteiger partial charge < -0.3 is 20.3 Å². The average Bonchev–Trinajstić information content (AvgIpc) is 3.15. The SMILES string of the molecule is Cc1cc(C)cc(Oc2ccc3c(O)c(C(=O)NCC(=O)O)n4ncnc4c3c2)c1. The number of rotatable bonds is 5. The zero-order chi connectivity index (χ0) is 21.4. The predicted octanol–water partition coefficient (Wildman–Crippen LogP) is 2.81. The predicted molar refractivity (Wildman–Crippen MR) is 108 cm³/mol. The Bertz CT molecular complexity index is 1290. The molecule has 0 saturated heterocycles. The lowest BCUT2D eigenvalue weighted by atomic mass is 10.1. The molecule has 2 aromatic carbocycles. The summed E-state index contributed by atoms with van der Waals surface area (Å²) in [6.07, 6.45) is 1.25. The lowest BCUT2D eigenvalue weighted by Crippen LogP contribution is -2.31. The summed E-state index contributed by atoms with van der Waals surface area (Å²) in [6, 6.07) is 10.9. The highest BCUT2D eigenvalue weighted by atomic mass is 16.5. The summed E-state index contributed by atoms with van der Waals surface area (Å²) in [7, 11) is 0. The van der Waals surface area contributed by atoms with E-state index < -0.39 is 18.4 Å². The van der Waals surface area contributed by atoms with Crippen LogP contribution in [-0.4, -0.2) is 43.2 Å². The van der Waals surface area contributed by atoms with Crippen molar-refractivity contribution in [2.24, 2.45) is 0 Å². The molecule has 2 aromatic heterocycles. The van der Waals surface area contributed by atoms with E-state index in [4.69, 9.17) is 9.84 Å². The molecule has 0 radical (unpaired) electrons. The topological polar surface area (TPSA) is 126 Å². The van der Waals surface area contributed by atoms with Crippen LogP contribution in [0.5, 0.6) is 17.2 Å². The van der Waals surface area contributed by atoms with Crippen LogP contribution in [0.1, 0.15) is 21.6 Å². The second kappa shape index (κ2) is 7.36. The van der Waals surface area contributed by atoms with E-state index in [-0.39, 0.29) is 11.4 Å². The zero-order valence-electron chi connectivity index (χ0n) is 16.2. The number of carbonyl (C=O) groups excluding carboxylic acids is 1. The normalized spacial score (nSPS) is 11.0. The van der Waals surface area contributed by atoms with E-state index in [0.29, 0.717) is 27.9 Å². The fourth-order valence-corrected chi connectivity index (χ4v) is 3.37. The van der Waals surface area contributed by atoms with Crippen LogP contribution in [0.3, 0.4) is 0 Å². The molecule has 3 N–H and O–H groups in total. The van der Waals surface area contributed by atoms with Gasteiger partial charge in [-0.05, 0) is 55.3 Å². The maximum atomic E-state index is 12.4. The molecule has 0 unspecified atom stereocenters. The number of carboxylic acid groups (broad SMARTS) is 1. The van der Waals surface area contributed by atoms with Crippen molar-refractivity contribution in [1.29, 1.82) is 0 Å². The van der Waals surface area contributed by atoms with Crippen LogP contribution in [0, 0.1) is 13.8 Å². The molecule has 2 heterocycles. The Kier molecular flexibility index (Phi) is 4.71. The minimum Gasteiger partial charge on any atom is -0.505 e. The van der Waals surface area contributed by atoms with Gasteiger partial charge in [0.25, 0.3) is 5.91 Å². The number of carboxylic acids is 1. The van der Waals surface area contributed by atoms with Crippen molar-refractivity contribution in [1.82, 2.24) is 19.9 Å². The monoisotopic (exact) mass is 406 g/mol. The highest BCUT2D eigenvalue weighted by molar-refractivity contribution is 6.07. The molecule has 9 nitrogen and oxygen atoms in total. The second-order valence-electron chi connectivity index (χ2n) is 6.90. The zero-order valence-corrected chi connectivity index (χ0v) is 16.2. The Balaban J connectivity index is 1.81. The van der Waals surface area contributed by atoms with Crippen LogP contribution in [0.25, 0.3) is 16.4 Å². The second-order valence-corrected chi connectivity index (χ2v) is 6.90. The highest BCUT2D eigenvalue weighted by Gasteiger charge is 2.22. The number of aryl methyl sites for hydroxylation is 2. The van der Waals surface area contributed by atoms with Crippen molar-refractivity contribution in [3.8, 4) is 17.2 Å². The summed E-state index contributed by atoms with van der Waals surface area (Å²) in [6.45, 7) is 3.37. The molecular formula is C21H18N4O5. The van der Waals surface area contributed by atoms with Gasteiger partial charge in [-0.15, -0.1) is 0 Å². The number of aliphatic carboxylic acids is 1. The number of aromatic hydroxyl groups is 1. The number of fused-ring (bicyclic) bond motifs is 3. The van der Waals surface area contributed by atoms with Gasteiger partial charge in [0, 0.05) is 10.8 Å². The maximum absolute atomic E-state index is 12.4. The summed E-state index contributed by atoms with van der Waals surface area (Å²) >= 11 is 0. The van der Waals surface area contributed by atoms with Crippen LogP contribution < -0.4 is 10.1 Å². The van der Waals surface area contributed by atoms with Gasteiger partial charge in [-0.2, -0.15) is 5.10 Å². The van der Waals surface area contributed by atoms with E-state index >= 15 is 0 Å². The molecule has 0 fully saturated rings. The van der Waals surface area contributed by atoms with Gasteiger partial charge in [-0.3, -0.25) is 9.59 Å². The molecule has 0 aliphatic heterocycles. The van der Waals surface area contributed by atoms with E-state index in [9.17, 15) is 14.7 Å². The van der Waals surface area contributed by atoms with Crippen LogP contribution in [0.4, 0.5) is 0 Å². The largest absolute Gasteiger partial charge is 0.505 e. The number of hydrogen-bond donors (Lipinski definition) is 3. The molecule has 0 spiro atoms. The number of benzene rings is 2. The smallest absolute Gasteiger partial charge is 0.322 e. The average molecular weight is 406 g/mol. The van der Waals surface area contributed by atoms with Gasteiger partial charge >= 0.3 is 5.97 Å². The summed E-state index contributed by atoms with van der Waals surface area (Å²) in [5, 5.41) is 26.6. The van der Waals surface area contributed by atoms with E-state index in [2.05, 4.69) is 15.4 Å². The number of aromatic nitrogens is 3. The number of hydrogen-bond acceptors (Lipinski definition) is 6. The van der Waals surface area contributed by atoms with Crippen LogP contribution in [0.2, 0.25) is 0 Å². The van der Waals surface area contributed by atoms with Crippen LogP contribution in [-0.2, 0) is 4.79 Å². The Morgan fingerprint density at radius 3 is 2.50 bits per heavy atom.